The SMILES string of the molecule is CC(C)(C)C(=O)Nc1ccc2c(oc3ccccc32)c1C=O. The van der Waals surface area contributed by atoms with Crippen molar-refractivity contribution in [2.24, 2.45) is 5.41 Å². The molecule has 22 heavy (non-hydrogen) atoms. The van der Waals surface area contributed by atoms with Crippen LogP contribution < -0.4 is 5.32 Å². The van der Waals surface area contributed by atoms with E-state index in [1.807, 2.05) is 51.1 Å². The van der Waals surface area contributed by atoms with Gasteiger partial charge in [-0.15, -0.1) is 0 Å². The first-order valence-electron chi connectivity index (χ1n) is 7.12. The summed E-state index contributed by atoms with van der Waals surface area (Å²) in [6, 6.07) is 11.2. The molecule has 0 aliphatic carbocycles. The lowest BCUT2D eigenvalue weighted by molar-refractivity contribution is -0.123. The number of amides is 1. The molecule has 4 heteroatoms. The third kappa shape index (κ3) is 2.26. The van der Waals surface area contributed by atoms with Gasteiger partial charge >= 0.3 is 0 Å². The van der Waals surface area contributed by atoms with Gasteiger partial charge in [-0.25, -0.2) is 0 Å². The van der Waals surface area contributed by atoms with Crippen LogP contribution in [0, 0.1) is 5.41 Å². The van der Waals surface area contributed by atoms with Crippen molar-refractivity contribution in [3.8, 4) is 0 Å². The predicted molar refractivity (Wildman–Crippen MR) is 87.2 cm³/mol. The summed E-state index contributed by atoms with van der Waals surface area (Å²) >= 11 is 0. The van der Waals surface area contributed by atoms with E-state index in [1.54, 1.807) is 6.07 Å². The minimum absolute atomic E-state index is 0.147. The molecule has 1 N–H and O–H groups in total. The topological polar surface area (TPSA) is 59.3 Å². The fourth-order valence-electron chi connectivity index (χ4n) is 2.35. The minimum Gasteiger partial charge on any atom is -0.455 e. The Balaban J connectivity index is 2.19. The lowest BCUT2D eigenvalue weighted by Gasteiger charge is -2.18. The lowest BCUT2D eigenvalue weighted by atomic mass is 9.95. The summed E-state index contributed by atoms with van der Waals surface area (Å²) in [7, 11) is 0. The van der Waals surface area contributed by atoms with Crippen molar-refractivity contribution < 1.29 is 14.0 Å². The number of para-hydroxylation sites is 1. The molecule has 0 saturated heterocycles. The van der Waals surface area contributed by atoms with Gasteiger partial charge in [0.1, 0.15) is 11.2 Å². The molecule has 3 rings (SSSR count). The Hall–Kier alpha value is -2.62. The molecular formula is C18H17NO3. The fraction of sp³-hybridized carbons (Fsp3) is 0.222. The summed E-state index contributed by atoms with van der Waals surface area (Å²) in [5.41, 5.74) is 1.53. The smallest absolute Gasteiger partial charge is 0.229 e. The second kappa shape index (κ2) is 4.98. The zero-order valence-corrected chi connectivity index (χ0v) is 12.8. The number of carbonyl (C=O) groups is 2. The van der Waals surface area contributed by atoms with Gasteiger partial charge in [-0.2, -0.15) is 0 Å². The number of rotatable bonds is 2. The zero-order chi connectivity index (χ0) is 15.9. The summed E-state index contributed by atoms with van der Waals surface area (Å²) < 4.78 is 5.80. The van der Waals surface area contributed by atoms with E-state index in [1.165, 1.54) is 0 Å². The van der Waals surface area contributed by atoms with E-state index in [0.717, 1.165) is 22.6 Å². The molecule has 112 valence electrons. The van der Waals surface area contributed by atoms with Crippen LogP contribution in [0.5, 0.6) is 0 Å². The molecule has 0 unspecified atom stereocenters. The number of anilines is 1. The first-order chi connectivity index (χ1) is 10.4. The van der Waals surface area contributed by atoms with Crippen molar-refractivity contribution in [1.29, 1.82) is 0 Å². The molecule has 0 aliphatic heterocycles. The summed E-state index contributed by atoms with van der Waals surface area (Å²) in [5.74, 6) is -0.147. The first-order valence-corrected chi connectivity index (χ1v) is 7.12. The van der Waals surface area contributed by atoms with Crippen LogP contribution in [0.3, 0.4) is 0 Å². The second-order valence-corrected chi connectivity index (χ2v) is 6.32. The quantitative estimate of drug-likeness (QED) is 0.713. The minimum atomic E-state index is -0.539. The van der Waals surface area contributed by atoms with E-state index < -0.39 is 5.41 Å². The molecule has 3 aromatic rings. The molecule has 2 aromatic carbocycles. The van der Waals surface area contributed by atoms with E-state index >= 15 is 0 Å². The normalized spacial score (nSPS) is 11.8. The van der Waals surface area contributed by atoms with Crippen molar-refractivity contribution in [2.75, 3.05) is 5.32 Å². The summed E-state index contributed by atoms with van der Waals surface area (Å²) in [5, 5.41) is 4.63. The number of fused-ring (bicyclic) bond motifs is 3. The molecule has 0 bridgehead atoms. The Morgan fingerprint density at radius 1 is 1.09 bits per heavy atom. The molecule has 4 nitrogen and oxygen atoms in total. The monoisotopic (exact) mass is 295 g/mol. The van der Waals surface area contributed by atoms with Crippen LogP contribution in [0.25, 0.3) is 21.9 Å². The predicted octanol–water partition coefficient (Wildman–Crippen LogP) is 4.38. The van der Waals surface area contributed by atoms with E-state index in [0.29, 0.717) is 16.8 Å². The van der Waals surface area contributed by atoms with Crippen LogP contribution in [0.15, 0.2) is 40.8 Å². The number of nitrogens with one attached hydrogen (secondary N) is 1. The van der Waals surface area contributed by atoms with Crippen molar-refractivity contribution in [3.63, 3.8) is 0 Å². The van der Waals surface area contributed by atoms with Gasteiger partial charge in [0, 0.05) is 16.2 Å². The highest BCUT2D eigenvalue weighted by molar-refractivity contribution is 6.13. The number of hydrogen-bond acceptors (Lipinski definition) is 3. The third-order valence-electron chi connectivity index (χ3n) is 3.63. The molecule has 0 saturated carbocycles. The van der Waals surface area contributed by atoms with Crippen LogP contribution in [-0.4, -0.2) is 12.2 Å². The Morgan fingerprint density at radius 3 is 2.50 bits per heavy atom. The average Bonchev–Trinajstić information content (AvgIpc) is 2.84. The molecule has 0 spiro atoms. The Kier molecular flexibility index (Phi) is 3.24. The lowest BCUT2D eigenvalue weighted by Crippen LogP contribution is -2.28. The first kappa shape index (κ1) is 14.3. The van der Waals surface area contributed by atoms with Crippen LogP contribution in [0.1, 0.15) is 31.1 Å². The summed E-state index contributed by atoms with van der Waals surface area (Å²) in [6.07, 6.45) is 0.725. The summed E-state index contributed by atoms with van der Waals surface area (Å²) in [6.45, 7) is 5.47. The fourth-order valence-corrected chi connectivity index (χ4v) is 2.35. The van der Waals surface area contributed by atoms with Gasteiger partial charge < -0.3 is 9.73 Å². The average molecular weight is 295 g/mol. The Labute approximate surface area is 128 Å². The molecule has 0 atom stereocenters. The van der Waals surface area contributed by atoms with E-state index in [9.17, 15) is 9.59 Å². The maximum absolute atomic E-state index is 12.2. The number of benzene rings is 2. The number of aldehydes is 1. The highest BCUT2D eigenvalue weighted by Gasteiger charge is 2.23. The van der Waals surface area contributed by atoms with Crippen LogP contribution in [0.2, 0.25) is 0 Å². The van der Waals surface area contributed by atoms with Crippen molar-refractivity contribution >= 4 is 39.8 Å². The second-order valence-electron chi connectivity index (χ2n) is 6.32. The maximum Gasteiger partial charge on any atom is 0.229 e. The standard InChI is InChI=1S/C18H17NO3/c1-18(2,3)17(21)19-14-9-8-12-11-6-4-5-7-15(11)22-16(12)13(14)10-20/h4-10H,1-3H3,(H,19,21). The van der Waals surface area contributed by atoms with Crippen LogP contribution in [0.4, 0.5) is 5.69 Å². The highest BCUT2D eigenvalue weighted by Crippen LogP contribution is 2.34. The molecule has 1 heterocycles. The number of hydrogen-bond donors (Lipinski definition) is 1. The van der Waals surface area contributed by atoms with E-state index in [-0.39, 0.29) is 5.91 Å². The van der Waals surface area contributed by atoms with Crippen molar-refractivity contribution in [2.45, 2.75) is 20.8 Å². The van der Waals surface area contributed by atoms with Gasteiger partial charge in [-0.1, -0.05) is 39.0 Å². The highest BCUT2D eigenvalue weighted by atomic mass is 16.3. The van der Waals surface area contributed by atoms with Crippen molar-refractivity contribution in [3.05, 3.63) is 42.0 Å². The van der Waals surface area contributed by atoms with Gasteiger partial charge in [0.05, 0.1) is 11.3 Å². The number of carbonyl (C=O) groups excluding carboxylic acids is 2. The van der Waals surface area contributed by atoms with Gasteiger partial charge in [0.2, 0.25) is 5.91 Å². The van der Waals surface area contributed by atoms with Crippen LogP contribution in [-0.2, 0) is 4.79 Å². The van der Waals surface area contributed by atoms with Gasteiger partial charge in [-0.05, 0) is 18.2 Å². The zero-order valence-electron chi connectivity index (χ0n) is 12.8. The van der Waals surface area contributed by atoms with E-state index in [2.05, 4.69) is 5.32 Å². The molecule has 0 fully saturated rings. The molecular weight excluding hydrogens is 278 g/mol. The molecule has 0 aliphatic rings. The van der Waals surface area contributed by atoms with Crippen LogP contribution >= 0.6 is 0 Å². The molecule has 0 radical (unpaired) electrons. The Morgan fingerprint density at radius 2 is 1.82 bits per heavy atom. The Bertz CT molecular complexity index is 884. The van der Waals surface area contributed by atoms with E-state index in [4.69, 9.17) is 4.42 Å². The maximum atomic E-state index is 12.2. The van der Waals surface area contributed by atoms with Gasteiger partial charge in [0.25, 0.3) is 0 Å². The largest absolute Gasteiger partial charge is 0.455 e. The molecule has 1 aromatic heterocycles. The van der Waals surface area contributed by atoms with Gasteiger partial charge in [-0.3, -0.25) is 9.59 Å². The summed E-state index contributed by atoms with van der Waals surface area (Å²) in [4.78, 5) is 23.7. The van der Waals surface area contributed by atoms with Gasteiger partial charge in [0.15, 0.2) is 6.29 Å². The molecule has 1 amide bonds. The number of furan rings is 1. The van der Waals surface area contributed by atoms with Crippen molar-refractivity contribution in [1.82, 2.24) is 0 Å². The third-order valence-corrected chi connectivity index (χ3v) is 3.63.